The summed E-state index contributed by atoms with van der Waals surface area (Å²) in [6.45, 7) is 0. The zero-order chi connectivity index (χ0) is 14.3. The van der Waals surface area contributed by atoms with Crippen molar-refractivity contribution < 1.29 is 9.13 Å². The van der Waals surface area contributed by atoms with Crippen molar-refractivity contribution in [3.63, 3.8) is 0 Å². The quantitative estimate of drug-likeness (QED) is 0.583. The minimum atomic E-state index is -0.443. The summed E-state index contributed by atoms with van der Waals surface area (Å²) in [5.41, 5.74) is 1.96. The van der Waals surface area contributed by atoms with Crippen LogP contribution in [0.4, 0.5) is 4.39 Å². The number of ether oxygens (including phenoxy) is 1. The van der Waals surface area contributed by atoms with Crippen molar-refractivity contribution in [1.29, 1.82) is 0 Å². The van der Waals surface area contributed by atoms with E-state index in [9.17, 15) is 4.39 Å². The summed E-state index contributed by atoms with van der Waals surface area (Å²) in [5, 5.41) is 1.96. The largest absolute Gasteiger partial charge is 0.481 e. The van der Waals surface area contributed by atoms with Crippen LogP contribution in [-0.2, 0) is 0 Å². The maximum absolute atomic E-state index is 13.4. The Morgan fingerprint density at radius 1 is 1.30 bits per heavy atom. The predicted octanol–water partition coefficient (Wildman–Crippen LogP) is 2.22. The second-order valence-corrected chi connectivity index (χ2v) is 5.03. The van der Waals surface area contributed by atoms with Crippen LogP contribution in [0.5, 0.6) is 5.88 Å². The molecule has 0 saturated carbocycles. The minimum Gasteiger partial charge on any atom is -0.481 e. The molecule has 1 N–H and O–H groups in total. The highest BCUT2D eigenvalue weighted by molar-refractivity contribution is 6.42. The van der Waals surface area contributed by atoms with Gasteiger partial charge in [0.15, 0.2) is 0 Å². The molecule has 0 fully saturated rings. The molecular weight excluding hydrogens is 297 g/mol. The van der Waals surface area contributed by atoms with Gasteiger partial charge >= 0.3 is 0 Å². The standard InChI is InChI=1S/C13H8ClFN3OSi/c1-19-13-7(2-6(15)4-17-13)11-12(20)8-5-16-10(14)3-9(8)18-11/h2-5,18H,1H3. The Morgan fingerprint density at radius 2 is 2.10 bits per heavy atom. The molecule has 3 aromatic rings. The van der Waals surface area contributed by atoms with Crippen molar-refractivity contribution in [2.24, 2.45) is 0 Å². The maximum atomic E-state index is 13.4. The minimum absolute atomic E-state index is 0.330. The van der Waals surface area contributed by atoms with Gasteiger partial charge in [-0.1, -0.05) is 11.6 Å². The topological polar surface area (TPSA) is 50.8 Å². The van der Waals surface area contributed by atoms with Crippen molar-refractivity contribution >= 4 is 37.9 Å². The number of hydrogen-bond donors (Lipinski definition) is 1. The predicted molar refractivity (Wildman–Crippen MR) is 76.2 cm³/mol. The molecule has 3 rings (SSSR count). The number of hydrogen-bond acceptors (Lipinski definition) is 3. The maximum Gasteiger partial charge on any atom is 0.222 e. The van der Waals surface area contributed by atoms with Crippen LogP contribution in [0.3, 0.4) is 0 Å². The molecule has 7 heteroatoms. The van der Waals surface area contributed by atoms with E-state index in [1.165, 1.54) is 13.2 Å². The van der Waals surface area contributed by atoms with Crippen molar-refractivity contribution in [1.82, 2.24) is 15.0 Å². The van der Waals surface area contributed by atoms with E-state index in [1.54, 1.807) is 12.3 Å². The summed E-state index contributed by atoms with van der Waals surface area (Å²) in [5.74, 6) is -0.113. The molecule has 0 unspecified atom stereocenters. The Bertz CT molecular complexity index is 806. The molecule has 0 amide bonds. The number of methoxy groups -OCH3 is 1. The zero-order valence-corrected chi connectivity index (χ0v) is 12.1. The Kier molecular flexibility index (Phi) is 3.19. The first-order valence-corrected chi connectivity index (χ1v) is 6.56. The summed E-state index contributed by atoms with van der Waals surface area (Å²) in [4.78, 5) is 11.1. The van der Waals surface area contributed by atoms with Gasteiger partial charge in [-0.15, -0.1) is 0 Å². The summed E-state index contributed by atoms with van der Waals surface area (Å²) >= 11 is 5.87. The van der Waals surface area contributed by atoms with E-state index in [0.717, 1.165) is 22.3 Å². The summed E-state index contributed by atoms with van der Waals surface area (Å²) in [6, 6.07) is 3.05. The van der Waals surface area contributed by atoms with Crippen LogP contribution in [0.2, 0.25) is 5.15 Å². The first-order chi connectivity index (χ1) is 9.60. The summed E-state index contributed by atoms with van der Waals surface area (Å²) < 4.78 is 18.6. The van der Waals surface area contributed by atoms with Crippen LogP contribution < -0.4 is 9.92 Å². The molecule has 4 nitrogen and oxygen atoms in total. The van der Waals surface area contributed by atoms with Crippen molar-refractivity contribution in [2.45, 2.75) is 0 Å². The molecule has 0 aromatic carbocycles. The lowest BCUT2D eigenvalue weighted by molar-refractivity contribution is 0.397. The molecule has 99 valence electrons. The van der Waals surface area contributed by atoms with Gasteiger partial charge < -0.3 is 9.72 Å². The number of nitrogens with one attached hydrogen (secondary N) is 1. The third kappa shape index (κ3) is 2.06. The number of aromatic amines is 1. The molecule has 0 atom stereocenters. The van der Waals surface area contributed by atoms with Gasteiger partial charge in [-0.3, -0.25) is 0 Å². The van der Waals surface area contributed by atoms with Crippen molar-refractivity contribution in [2.75, 3.05) is 7.11 Å². The van der Waals surface area contributed by atoms with Gasteiger partial charge in [0, 0.05) is 11.6 Å². The fourth-order valence-corrected chi connectivity index (χ4v) is 2.59. The van der Waals surface area contributed by atoms with E-state index in [2.05, 4.69) is 25.2 Å². The van der Waals surface area contributed by atoms with Crippen molar-refractivity contribution in [3.8, 4) is 17.1 Å². The highest BCUT2D eigenvalue weighted by atomic mass is 35.5. The van der Waals surface area contributed by atoms with Crippen LogP contribution in [-0.4, -0.2) is 32.3 Å². The average molecular weight is 305 g/mol. The van der Waals surface area contributed by atoms with Crippen LogP contribution in [0.1, 0.15) is 0 Å². The molecule has 3 heterocycles. The summed E-state index contributed by atoms with van der Waals surface area (Å²) in [7, 11) is 5.02. The number of rotatable bonds is 2. The fraction of sp³-hybridized carbons (Fsp3) is 0.0769. The Morgan fingerprint density at radius 3 is 2.85 bits per heavy atom. The SMILES string of the molecule is COc1ncc(F)cc1-c1[nH]c2cc(Cl)ncc2c1[Si]. The number of nitrogens with zero attached hydrogens (tertiary/aromatic N) is 2. The Hall–Kier alpha value is -1.92. The average Bonchev–Trinajstić information content (AvgIpc) is 2.75. The molecule has 3 radical (unpaired) electrons. The lowest BCUT2D eigenvalue weighted by atomic mass is 10.2. The summed E-state index contributed by atoms with van der Waals surface area (Å²) in [6.07, 6.45) is 2.75. The molecule has 0 bridgehead atoms. The zero-order valence-electron chi connectivity index (χ0n) is 10.4. The molecule has 0 aliphatic rings. The normalized spacial score (nSPS) is 11.0. The molecule has 0 saturated heterocycles. The van der Waals surface area contributed by atoms with Gasteiger partial charge in [0.25, 0.3) is 0 Å². The highest BCUT2D eigenvalue weighted by Gasteiger charge is 2.16. The van der Waals surface area contributed by atoms with Gasteiger partial charge in [-0.05, 0) is 17.3 Å². The number of halogens is 2. The number of H-pyrrole nitrogens is 1. The lowest BCUT2D eigenvalue weighted by Gasteiger charge is -2.06. The van der Waals surface area contributed by atoms with Gasteiger partial charge in [-0.2, -0.15) is 0 Å². The van der Waals surface area contributed by atoms with Crippen LogP contribution >= 0.6 is 11.6 Å². The fourth-order valence-electron chi connectivity index (χ4n) is 2.03. The second-order valence-electron chi connectivity index (χ2n) is 4.14. The molecule has 0 aliphatic heterocycles. The number of aromatic nitrogens is 3. The highest BCUT2D eigenvalue weighted by Crippen LogP contribution is 2.29. The Labute approximate surface area is 122 Å². The van der Waals surface area contributed by atoms with Gasteiger partial charge in [0.2, 0.25) is 5.88 Å². The molecule has 3 aromatic heterocycles. The monoisotopic (exact) mass is 304 g/mol. The van der Waals surface area contributed by atoms with Crippen LogP contribution in [0, 0.1) is 5.82 Å². The first-order valence-electron chi connectivity index (χ1n) is 5.69. The van der Waals surface area contributed by atoms with Crippen molar-refractivity contribution in [3.05, 3.63) is 35.5 Å². The van der Waals surface area contributed by atoms with E-state index >= 15 is 0 Å². The van der Waals surface area contributed by atoms with E-state index < -0.39 is 5.82 Å². The number of pyridine rings is 2. The Balaban J connectivity index is 2.29. The van der Waals surface area contributed by atoms with Gasteiger partial charge in [0.05, 0.1) is 40.3 Å². The van der Waals surface area contributed by atoms with Gasteiger partial charge in [0.1, 0.15) is 11.0 Å². The number of fused-ring (bicyclic) bond motifs is 1. The second kappa shape index (κ2) is 4.88. The molecule has 0 spiro atoms. The first kappa shape index (κ1) is 13.1. The van der Waals surface area contributed by atoms with E-state index in [-0.39, 0.29) is 0 Å². The van der Waals surface area contributed by atoms with E-state index in [0.29, 0.717) is 22.3 Å². The molecule has 20 heavy (non-hydrogen) atoms. The van der Waals surface area contributed by atoms with E-state index in [4.69, 9.17) is 16.3 Å². The third-order valence-electron chi connectivity index (χ3n) is 2.93. The van der Waals surface area contributed by atoms with E-state index in [1.807, 2.05) is 0 Å². The smallest absolute Gasteiger partial charge is 0.222 e. The van der Waals surface area contributed by atoms with Gasteiger partial charge in [-0.25, -0.2) is 14.4 Å². The lowest BCUT2D eigenvalue weighted by Crippen LogP contribution is -2.06. The molecule has 0 aliphatic carbocycles. The third-order valence-corrected chi connectivity index (χ3v) is 3.66. The van der Waals surface area contributed by atoms with Crippen LogP contribution in [0.25, 0.3) is 22.2 Å². The van der Waals surface area contributed by atoms with Crippen LogP contribution in [0.15, 0.2) is 24.5 Å². The molecular formula is C13H8ClFN3OSi.